The van der Waals surface area contributed by atoms with Gasteiger partial charge in [0.2, 0.25) is 0 Å². The molecule has 0 bridgehead atoms. The summed E-state index contributed by atoms with van der Waals surface area (Å²) in [5.74, 6) is 0. The standard InChI is InChI=1S/C6H14O2.CH2O.B/c1-5(2,7)6(3,4)8;1-2;/h7-8H,1-4H3;1H2;. The van der Waals surface area contributed by atoms with Crippen LogP contribution in [0.1, 0.15) is 27.7 Å². The van der Waals surface area contributed by atoms with Gasteiger partial charge in [0.1, 0.15) is 6.79 Å². The predicted octanol–water partition coefficient (Wildman–Crippen LogP) is -0.0375. The van der Waals surface area contributed by atoms with Crippen LogP contribution in [0.4, 0.5) is 0 Å². The fourth-order valence-corrected chi connectivity index (χ4v) is 0. The summed E-state index contributed by atoms with van der Waals surface area (Å²) in [6.07, 6.45) is 0. The molecule has 0 aromatic rings. The number of aliphatic hydroxyl groups is 2. The Bertz CT molecular complexity index is 78.8. The van der Waals surface area contributed by atoms with E-state index < -0.39 is 11.2 Å². The van der Waals surface area contributed by atoms with Gasteiger partial charge in [-0.25, -0.2) is 0 Å². The number of carbonyl (C=O) groups is 1. The number of hydrogen-bond donors (Lipinski definition) is 2. The Kier molecular flexibility index (Phi) is 8.20. The van der Waals surface area contributed by atoms with E-state index in [1.807, 2.05) is 6.79 Å². The second-order valence-corrected chi connectivity index (χ2v) is 3.12. The first-order valence-corrected chi connectivity index (χ1v) is 2.99. The maximum Gasteiger partial charge on any atom is 0.106 e. The van der Waals surface area contributed by atoms with Crippen molar-refractivity contribution in [3.8, 4) is 0 Å². The van der Waals surface area contributed by atoms with Crippen molar-refractivity contribution in [2.75, 3.05) is 0 Å². The molecule has 3 nitrogen and oxygen atoms in total. The highest BCUT2D eigenvalue weighted by molar-refractivity contribution is 5.75. The third-order valence-corrected chi connectivity index (χ3v) is 1.50. The molecule has 0 saturated carbocycles. The summed E-state index contributed by atoms with van der Waals surface area (Å²) in [5.41, 5.74) is -2.01. The van der Waals surface area contributed by atoms with Gasteiger partial charge < -0.3 is 15.0 Å². The molecule has 2 N–H and O–H groups in total. The third-order valence-electron chi connectivity index (χ3n) is 1.50. The molecule has 4 heteroatoms. The van der Waals surface area contributed by atoms with Gasteiger partial charge in [0, 0.05) is 8.41 Å². The van der Waals surface area contributed by atoms with Gasteiger partial charge in [-0.3, -0.25) is 0 Å². The van der Waals surface area contributed by atoms with E-state index in [4.69, 9.17) is 15.0 Å². The van der Waals surface area contributed by atoms with Crippen molar-refractivity contribution in [1.29, 1.82) is 0 Å². The molecular formula is C7H16BO3. The van der Waals surface area contributed by atoms with E-state index in [0.29, 0.717) is 0 Å². The van der Waals surface area contributed by atoms with Gasteiger partial charge in [0.05, 0.1) is 11.2 Å². The van der Waals surface area contributed by atoms with Crippen molar-refractivity contribution in [1.82, 2.24) is 0 Å². The first-order valence-electron chi connectivity index (χ1n) is 2.99. The molecule has 0 aromatic carbocycles. The van der Waals surface area contributed by atoms with Crippen LogP contribution < -0.4 is 0 Å². The van der Waals surface area contributed by atoms with E-state index in [2.05, 4.69) is 0 Å². The second-order valence-electron chi connectivity index (χ2n) is 3.12. The van der Waals surface area contributed by atoms with Gasteiger partial charge in [0.25, 0.3) is 0 Å². The molecule has 0 rings (SSSR count). The molecule has 0 spiro atoms. The summed E-state index contributed by atoms with van der Waals surface area (Å²) in [5, 5.41) is 18.2. The van der Waals surface area contributed by atoms with Crippen LogP contribution in [0, 0.1) is 0 Å². The maximum absolute atomic E-state index is 9.10. The minimum Gasteiger partial charge on any atom is -0.387 e. The Hall–Kier alpha value is -0.345. The van der Waals surface area contributed by atoms with Gasteiger partial charge in [-0.1, -0.05) is 0 Å². The average molecular weight is 159 g/mol. The maximum atomic E-state index is 9.10. The summed E-state index contributed by atoms with van der Waals surface area (Å²) in [6, 6.07) is 0. The summed E-state index contributed by atoms with van der Waals surface area (Å²) < 4.78 is 0. The third kappa shape index (κ3) is 7.55. The Morgan fingerprint density at radius 1 is 0.909 bits per heavy atom. The lowest BCUT2D eigenvalue weighted by Crippen LogP contribution is -2.44. The predicted molar refractivity (Wildman–Crippen MR) is 45.5 cm³/mol. The second kappa shape index (κ2) is 5.32. The first-order chi connectivity index (χ1) is 4.25. The first kappa shape index (κ1) is 16.9. The molecule has 0 unspecified atom stereocenters. The van der Waals surface area contributed by atoms with Crippen LogP contribution in [0.3, 0.4) is 0 Å². The lowest BCUT2D eigenvalue weighted by Gasteiger charge is -2.31. The largest absolute Gasteiger partial charge is 0.387 e. The Morgan fingerprint density at radius 2 is 1.00 bits per heavy atom. The number of hydrogen-bond acceptors (Lipinski definition) is 3. The molecule has 65 valence electrons. The van der Waals surface area contributed by atoms with Crippen LogP contribution in [0.15, 0.2) is 0 Å². The highest BCUT2D eigenvalue weighted by Gasteiger charge is 2.31. The molecule has 0 saturated heterocycles. The highest BCUT2D eigenvalue weighted by atomic mass is 16.3. The van der Waals surface area contributed by atoms with Crippen molar-refractivity contribution in [2.24, 2.45) is 0 Å². The molecule has 0 amide bonds. The molecular weight excluding hydrogens is 143 g/mol. The van der Waals surface area contributed by atoms with Gasteiger partial charge >= 0.3 is 0 Å². The minimum atomic E-state index is -1.01. The van der Waals surface area contributed by atoms with Gasteiger partial charge in [0.15, 0.2) is 0 Å². The van der Waals surface area contributed by atoms with Crippen molar-refractivity contribution in [3.05, 3.63) is 0 Å². The molecule has 3 radical (unpaired) electrons. The van der Waals surface area contributed by atoms with E-state index in [0.717, 1.165) is 0 Å². The number of carbonyl (C=O) groups excluding carboxylic acids is 1. The molecule has 0 aliphatic carbocycles. The average Bonchev–Trinajstić information content (AvgIpc) is 1.66. The molecule has 0 aliphatic heterocycles. The van der Waals surface area contributed by atoms with Crippen molar-refractivity contribution < 1.29 is 15.0 Å². The molecule has 0 atom stereocenters. The zero-order chi connectivity index (χ0) is 9.00. The van der Waals surface area contributed by atoms with Crippen molar-refractivity contribution >= 4 is 15.2 Å². The summed E-state index contributed by atoms with van der Waals surface area (Å²) in [7, 11) is 0. The van der Waals surface area contributed by atoms with E-state index in [1.54, 1.807) is 27.7 Å². The van der Waals surface area contributed by atoms with Crippen LogP contribution in [-0.4, -0.2) is 36.6 Å². The van der Waals surface area contributed by atoms with E-state index in [1.165, 1.54) is 0 Å². The molecule has 0 aromatic heterocycles. The molecule has 0 fully saturated rings. The minimum absolute atomic E-state index is 0. The lowest BCUT2D eigenvalue weighted by molar-refractivity contribution is -0.107. The van der Waals surface area contributed by atoms with E-state index in [9.17, 15) is 0 Å². The quantitative estimate of drug-likeness (QED) is 0.528. The van der Waals surface area contributed by atoms with Crippen LogP contribution in [0.2, 0.25) is 0 Å². The summed E-state index contributed by atoms with van der Waals surface area (Å²) in [4.78, 5) is 8.00. The van der Waals surface area contributed by atoms with Crippen LogP contribution in [0.5, 0.6) is 0 Å². The van der Waals surface area contributed by atoms with Crippen molar-refractivity contribution in [3.63, 3.8) is 0 Å². The molecule has 0 aliphatic rings. The highest BCUT2D eigenvalue weighted by Crippen LogP contribution is 2.19. The van der Waals surface area contributed by atoms with Crippen LogP contribution in [0.25, 0.3) is 0 Å². The Labute approximate surface area is 70.0 Å². The summed E-state index contributed by atoms with van der Waals surface area (Å²) >= 11 is 0. The fourth-order valence-electron chi connectivity index (χ4n) is 0. The Balaban J connectivity index is -0.000000196. The molecule has 0 heterocycles. The van der Waals surface area contributed by atoms with E-state index >= 15 is 0 Å². The van der Waals surface area contributed by atoms with Crippen LogP contribution >= 0.6 is 0 Å². The monoisotopic (exact) mass is 159 g/mol. The fraction of sp³-hybridized carbons (Fsp3) is 0.857. The molecule has 11 heavy (non-hydrogen) atoms. The zero-order valence-corrected chi connectivity index (χ0v) is 7.59. The zero-order valence-electron chi connectivity index (χ0n) is 7.59. The normalized spacial score (nSPS) is 10.7. The van der Waals surface area contributed by atoms with E-state index in [-0.39, 0.29) is 8.41 Å². The topological polar surface area (TPSA) is 57.5 Å². The van der Waals surface area contributed by atoms with Crippen LogP contribution in [-0.2, 0) is 4.79 Å². The Morgan fingerprint density at radius 3 is 1.00 bits per heavy atom. The van der Waals surface area contributed by atoms with Gasteiger partial charge in [-0.15, -0.1) is 0 Å². The van der Waals surface area contributed by atoms with Gasteiger partial charge in [-0.2, -0.15) is 0 Å². The lowest BCUT2D eigenvalue weighted by atomic mass is 9.90. The smallest absolute Gasteiger partial charge is 0.106 e. The van der Waals surface area contributed by atoms with Gasteiger partial charge in [-0.05, 0) is 27.7 Å². The number of rotatable bonds is 1. The van der Waals surface area contributed by atoms with Crippen molar-refractivity contribution in [2.45, 2.75) is 38.9 Å². The summed E-state index contributed by atoms with van der Waals surface area (Å²) in [6.45, 7) is 8.31. The SMILES string of the molecule is C=O.CC(C)(O)C(C)(C)O.[B].